The molecule has 0 aliphatic carbocycles. The van der Waals surface area contributed by atoms with E-state index in [1.165, 1.54) is 11.1 Å². The molecule has 0 saturated heterocycles. The van der Waals surface area contributed by atoms with Crippen LogP contribution in [0.1, 0.15) is 42.9 Å². The van der Waals surface area contributed by atoms with Gasteiger partial charge in [-0.05, 0) is 41.2 Å². The predicted octanol–water partition coefficient (Wildman–Crippen LogP) is 3.86. The lowest BCUT2D eigenvalue weighted by atomic mass is 10.0. The Morgan fingerprint density at radius 3 is 2.15 bits per heavy atom. The van der Waals surface area contributed by atoms with Crippen LogP contribution >= 0.6 is 0 Å². The number of amides is 1. The number of nitrogens with zero attached hydrogens (tertiary/aromatic N) is 1. The highest BCUT2D eigenvalue weighted by molar-refractivity contribution is 5.76. The van der Waals surface area contributed by atoms with Crippen LogP contribution in [0, 0.1) is 0 Å². The standard InChI is InChI=1S/C22H27NO4/c1-16(2)19-9-4-17(5-10-19)8-13-21(24)23(3)14-18-6-11-20(12-7-18)27-15-22(25)26/h4-7,9-12,16H,8,13-15H2,1-3H3,(H,25,26). The van der Waals surface area contributed by atoms with Gasteiger partial charge in [0, 0.05) is 20.0 Å². The van der Waals surface area contributed by atoms with E-state index < -0.39 is 5.97 Å². The summed E-state index contributed by atoms with van der Waals surface area (Å²) in [5, 5.41) is 8.61. The number of carbonyl (C=O) groups excluding carboxylic acids is 1. The van der Waals surface area contributed by atoms with E-state index in [2.05, 4.69) is 38.1 Å². The van der Waals surface area contributed by atoms with Crippen molar-refractivity contribution in [2.75, 3.05) is 13.7 Å². The van der Waals surface area contributed by atoms with Crippen molar-refractivity contribution in [3.05, 3.63) is 65.2 Å². The molecule has 0 aliphatic rings. The van der Waals surface area contributed by atoms with E-state index in [9.17, 15) is 9.59 Å². The van der Waals surface area contributed by atoms with Gasteiger partial charge in [-0.1, -0.05) is 50.2 Å². The maximum Gasteiger partial charge on any atom is 0.341 e. The molecular formula is C22H27NO4. The van der Waals surface area contributed by atoms with Gasteiger partial charge in [0.05, 0.1) is 0 Å². The highest BCUT2D eigenvalue weighted by Gasteiger charge is 2.10. The Bertz CT molecular complexity index is 751. The number of aryl methyl sites for hydroxylation is 1. The first kappa shape index (κ1) is 20.5. The zero-order chi connectivity index (χ0) is 19.8. The molecule has 5 heteroatoms. The maximum atomic E-state index is 12.4. The number of ether oxygens (including phenoxy) is 1. The van der Waals surface area contributed by atoms with E-state index in [0.717, 1.165) is 12.0 Å². The normalized spacial score (nSPS) is 10.7. The molecule has 0 atom stereocenters. The Kier molecular flexibility index (Phi) is 7.41. The van der Waals surface area contributed by atoms with Crippen molar-refractivity contribution in [2.24, 2.45) is 0 Å². The molecular weight excluding hydrogens is 342 g/mol. The van der Waals surface area contributed by atoms with Crippen molar-refractivity contribution in [2.45, 2.75) is 39.2 Å². The molecule has 0 saturated carbocycles. The minimum Gasteiger partial charge on any atom is -0.482 e. The van der Waals surface area contributed by atoms with Crippen LogP contribution in [0.4, 0.5) is 0 Å². The smallest absolute Gasteiger partial charge is 0.341 e. The van der Waals surface area contributed by atoms with Gasteiger partial charge in [0.15, 0.2) is 6.61 Å². The molecule has 0 aliphatic heterocycles. The van der Waals surface area contributed by atoms with Gasteiger partial charge in [-0.2, -0.15) is 0 Å². The molecule has 0 spiro atoms. The van der Waals surface area contributed by atoms with Gasteiger partial charge in [0.25, 0.3) is 0 Å². The van der Waals surface area contributed by atoms with Crippen LogP contribution in [0.15, 0.2) is 48.5 Å². The van der Waals surface area contributed by atoms with Crippen LogP contribution in [-0.4, -0.2) is 35.5 Å². The van der Waals surface area contributed by atoms with Crippen LogP contribution in [0.2, 0.25) is 0 Å². The summed E-state index contributed by atoms with van der Waals surface area (Å²) in [7, 11) is 1.79. The summed E-state index contributed by atoms with van der Waals surface area (Å²) in [6, 6.07) is 15.6. The number of carboxylic acids is 1. The van der Waals surface area contributed by atoms with E-state index in [0.29, 0.717) is 24.6 Å². The second-order valence-electron chi connectivity index (χ2n) is 6.97. The predicted molar refractivity (Wildman–Crippen MR) is 105 cm³/mol. The number of carbonyl (C=O) groups is 2. The van der Waals surface area contributed by atoms with Gasteiger partial charge in [0.2, 0.25) is 5.91 Å². The van der Waals surface area contributed by atoms with Gasteiger partial charge < -0.3 is 14.7 Å². The van der Waals surface area contributed by atoms with E-state index >= 15 is 0 Å². The summed E-state index contributed by atoms with van der Waals surface area (Å²) in [5.41, 5.74) is 3.44. The highest BCUT2D eigenvalue weighted by atomic mass is 16.5. The molecule has 27 heavy (non-hydrogen) atoms. The first-order valence-corrected chi connectivity index (χ1v) is 9.11. The van der Waals surface area contributed by atoms with Gasteiger partial charge in [-0.25, -0.2) is 4.79 Å². The Labute approximate surface area is 160 Å². The molecule has 1 N–H and O–H groups in total. The molecule has 2 aromatic carbocycles. The zero-order valence-electron chi connectivity index (χ0n) is 16.1. The van der Waals surface area contributed by atoms with Crippen LogP contribution in [0.3, 0.4) is 0 Å². The Hall–Kier alpha value is -2.82. The fourth-order valence-electron chi connectivity index (χ4n) is 2.71. The van der Waals surface area contributed by atoms with E-state index in [1.54, 1.807) is 24.1 Å². The summed E-state index contributed by atoms with van der Waals surface area (Å²) in [5.74, 6) is 0.0881. The molecule has 0 fully saturated rings. The topological polar surface area (TPSA) is 66.8 Å². The number of hydrogen-bond acceptors (Lipinski definition) is 3. The van der Waals surface area contributed by atoms with Crippen LogP contribution < -0.4 is 4.74 Å². The summed E-state index contributed by atoms with van der Waals surface area (Å²) < 4.78 is 5.11. The molecule has 0 heterocycles. The van der Waals surface area contributed by atoms with Gasteiger partial charge in [-0.15, -0.1) is 0 Å². The summed E-state index contributed by atoms with van der Waals surface area (Å²) >= 11 is 0. The molecule has 1 amide bonds. The molecule has 0 radical (unpaired) electrons. The average Bonchev–Trinajstić information content (AvgIpc) is 2.65. The third kappa shape index (κ3) is 6.77. The van der Waals surface area contributed by atoms with Crippen molar-refractivity contribution in [3.63, 3.8) is 0 Å². The van der Waals surface area contributed by atoms with E-state index in [4.69, 9.17) is 9.84 Å². The first-order chi connectivity index (χ1) is 12.8. The molecule has 2 rings (SSSR count). The number of carboxylic acid groups (broad SMARTS) is 1. The summed E-state index contributed by atoms with van der Waals surface area (Å²) in [4.78, 5) is 24.6. The van der Waals surface area contributed by atoms with Gasteiger partial charge in [-0.3, -0.25) is 4.79 Å². The lowest BCUT2D eigenvalue weighted by Gasteiger charge is -2.17. The Morgan fingerprint density at radius 1 is 1.00 bits per heavy atom. The lowest BCUT2D eigenvalue weighted by Crippen LogP contribution is -2.26. The molecule has 0 aromatic heterocycles. The number of benzene rings is 2. The fourth-order valence-corrected chi connectivity index (χ4v) is 2.71. The maximum absolute atomic E-state index is 12.4. The summed E-state index contributed by atoms with van der Waals surface area (Å²) in [6.07, 6.45) is 1.20. The number of aliphatic carboxylic acids is 1. The van der Waals surface area contributed by atoms with Crippen LogP contribution in [0.5, 0.6) is 5.75 Å². The van der Waals surface area contributed by atoms with Gasteiger partial charge >= 0.3 is 5.97 Å². The SMILES string of the molecule is CC(C)c1ccc(CCC(=O)N(C)Cc2ccc(OCC(=O)O)cc2)cc1. The van der Waals surface area contributed by atoms with E-state index in [-0.39, 0.29) is 12.5 Å². The van der Waals surface area contributed by atoms with Crippen molar-refractivity contribution in [3.8, 4) is 5.75 Å². The molecule has 144 valence electrons. The van der Waals surface area contributed by atoms with Crippen LogP contribution in [-0.2, 0) is 22.6 Å². The molecule has 5 nitrogen and oxygen atoms in total. The van der Waals surface area contributed by atoms with Crippen molar-refractivity contribution >= 4 is 11.9 Å². The van der Waals surface area contributed by atoms with Gasteiger partial charge in [0.1, 0.15) is 5.75 Å². The lowest BCUT2D eigenvalue weighted by molar-refractivity contribution is -0.139. The monoisotopic (exact) mass is 369 g/mol. The van der Waals surface area contributed by atoms with Crippen molar-refractivity contribution in [1.29, 1.82) is 0 Å². The first-order valence-electron chi connectivity index (χ1n) is 9.11. The molecule has 0 bridgehead atoms. The van der Waals surface area contributed by atoms with E-state index in [1.807, 2.05) is 12.1 Å². The Morgan fingerprint density at radius 2 is 1.59 bits per heavy atom. The van der Waals surface area contributed by atoms with Crippen LogP contribution in [0.25, 0.3) is 0 Å². The summed E-state index contributed by atoms with van der Waals surface area (Å²) in [6.45, 7) is 4.47. The quantitative estimate of drug-likeness (QED) is 0.729. The Balaban J connectivity index is 1.81. The fraction of sp³-hybridized carbons (Fsp3) is 0.364. The highest BCUT2D eigenvalue weighted by Crippen LogP contribution is 2.16. The second kappa shape index (κ2) is 9.76. The average molecular weight is 369 g/mol. The zero-order valence-corrected chi connectivity index (χ0v) is 16.1. The third-order valence-electron chi connectivity index (χ3n) is 4.41. The minimum atomic E-state index is -1.01. The van der Waals surface area contributed by atoms with Crippen molar-refractivity contribution in [1.82, 2.24) is 4.90 Å². The second-order valence-corrected chi connectivity index (χ2v) is 6.97. The molecule has 2 aromatic rings. The molecule has 0 unspecified atom stereocenters. The van der Waals surface area contributed by atoms with Crippen molar-refractivity contribution < 1.29 is 19.4 Å². The number of hydrogen-bond donors (Lipinski definition) is 1. The number of rotatable bonds is 9. The largest absolute Gasteiger partial charge is 0.482 e. The minimum absolute atomic E-state index is 0.0918. The third-order valence-corrected chi connectivity index (χ3v) is 4.41.